The molecule has 130 valence electrons. The summed E-state index contributed by atoms with van der Waals surface area (Å²) in [6.07, 6.45) is 1.22. The highest BCUT2D eigenvalue weighted by molar-refractivity contribution is 5.89. The van der Waals surface area contributed by atoms with E-state index < -0.39 is 22.9 Å². The third kappa shape index (κ3) is 1.88. The Morgan fingerprint density at radius 3 is 2.88 bits per heavy atom. The fourth-order valence-corrected chi connectivity index (χ4v) is 4.91. The van der Waals surface area contributed by atoms with Gasteiger partial charge in [0.2, 0.25) is 0 Å². The first kappa shape index (κ1) is 16.0. The molecule has 1 fully saturated rings. The van der Waals surface area contributed by atoms with Crippen molar-refractivity contribution in [2.45, 2.75) is 62.7 Å². The predicted molar refractivity (Wildman–Crippen MR) is 87.8 cm³/mol. The molecule has 3 unspecified atom stereocenters. The molecule has 0 saturated heterocycles. The zero-order valence-corrected chi connectivity index (χ0v) is 14.4. The number of ketones is 1. The van der Waals surface area contributed by atoms with Gasteiger partial charge >= 0.3 is 0 Å². The first-order valence-corrected chi connectivity index (χ1v) is 8.72. The zero-order chi connectivity index (χ0) is 17.3. The Morgan fingerprint density at radius 2 is 2.12 bits per heavy atom. The largest absolute Gasteiger partial charge is 0.478 e. The molecule has 24 heavy (non-hydrogen) atoms. The number of hydrogen-bond donors (Lipinski definition) is 1. The molecule has 0 bridgehead atoms. The van der Waals surface area contributed by atoms with E-state index >= 15 is 0 Å². The van der Waals surface area contributed by atoms with Crippen LogP contribution in [0.5, 0.6) is 5.75 Å². The molecule has 5 heteroatoms. The van der Waals surface area contributed by atoms with Gasteiger partial charge in [-0.25, -0.2) is 4.39 Å². The van der Waals surface area contributed by atoms with Gasteiger partial charge in [-0.3, -0.25) is 4.79 Å². The minimum atomic E-state index is -1.10. The van der Waals surface area contributed by atoms with Crippen molar-refractivity contribution in [1.29, 1.82) is 0 Å². The molecule has 1 spiro atoms. The van der Waals surface area contributed by atoms with Gasteiger partial charge in [0.05, 0.1) is 11.0 Å². The second-order valence-corrected chi connectivity index (χ2v) is 7.90. The molecular weight excluding hydrogens is 309 g/mol. The summed E-state index contributed by atoms with van der Waals surface area (Å²) in [7, 11) is 2.06. The van der Waals surface area contributed by atoms with Crippen LogP contribution in [0.4, 0.5) is 4.39 Å². The number of likely N-dealkylation sites (N-methyl/N-ethyl adjacent to an activating group) is 1. The highest BCUT2D eigenvalue weighted by Gasteiger charge is 2.65. The van der Waals surface area contributed by atoms with Crippen molar-refractivity contribution in [1.82, 2.24) is 4.90 Å². The smallest absolute Gasteiger partial charge is 0.174 e. The predicted octanol–water partition coefficient (Wildman–Crippen LogP) is 2.20. The number of aliphatic hydroxyl groups is 1. The second kappa shape index (κ2) is 5.02. The summed E-state index contributed by atoms with van der Waals surface area (Å²) in [5.41, 5.74) is -0.224. The molecule has 4 rings (SSSR count). The van der Waals surface area contributed by atoms with Gasteiger partial charge < -0.3 is 14.7 Å². The molecule has 1 saturated carbocycles. The van der Waals surface area contributed by atoms with Gasteiger partial charge in [0.15, 0.2) is 23.5 Å². The lowest BCUT2D eigenvalue weighted by Gasteiger charge is -2.50. The van der Waals surface area contributed by atoms with Crippen LogP contribution >= 0.6 is 0 Å². The Morgan fingerprint density at radius 1 is 1.38 bits per heavy atom. The maximum atomic E-state index is 14.5. The molecule has 4 atom stereocenters. The van der Waals surface area contributed by atoms with Crippen LogP contribution in [0.25, 0.3) is 0 Å². The molecule has 2 aliphatic heterocycles. The van der Waals surface area contributed by atoms with E-state index in [1.807, 2.05) is 0 Å². The van der Waals surface area contributed by atoms with E-state index in [4.69, 9.17) is 4.74 Å². The SMILES string of the molecule is CC1Cc2ccc(F)c3c2C2(CCN1C)[C@@H](O3)C(=O)CCC2(C)O. The molecule has 3 aliphatic rings. The second-order valence-electron chi connectivity index (χ2n) is 7.90. The van der Waals surface area contributed by atoms with Crippen LogP contribution in [0.3, 0.4) is 0 Å². The van der Waals surface area contributed by atoms with Crippen LogP contribution in [-0.4, -0.2) is 47.1 Å². The summed E-state index contributed by atoms with van der Waals surface area (Å²) in [6, 6.07) is 3.53. The van der Waals surface area contributed by atoms with Crippen molar-refractivity contribution in [3.05, 3.63) is 29.1 Å². The highest BCUT2D eigenvalue weighted by atomic mass is 19.1. The van der Waals surface area contributed by atoms with Gasteiger partial charge in [0, 0.05) is 18.0 Å². The number of rotatable bonds is 0. The fraction of sp³-hybridized carbons (Fsp3) is 0.632. The number of carbonyl (C=O) groups excluding carboxylic acids is 1. The number of benzene rings is 1. The van der Waals surface area contributed by atoms with Crippen molar-refractivity contribution in [3.63, 3.8) is 0 Å². The molecule has 0 amide bonds. The van der Waals surface area contributed by atoms with Crippen LogP contribution in [-0.2, 0) is 16.6 Å². The third-order valence-corrected chi connectivity index (χ3v) is 6.56. The summed E-state index contributed by atoms with van der Waals surface area (Å²) in [4.78, 5) is 14.9. The molecule has 1 aromatic rings. The normalized spacial score (nSPS) is 38.8. The average Bonchev–Trinajstić information content (AvgIpc) is 2.89. The Bertz CT molecular complexity index is 717. The summed E-state index contributed by atoms with van der Waals surface area (Å²) < 4.78 is 20.4. The first-order chi connectivity index (χ1) is 11.3. The van der Waals surface area contributed by atoms with Gasteiger partial charge in [-0.15, -0.1) is 0 Å². The van der Waals surface area contributed by atoms with E-state index in [0.29, 0.717) is 18.9 Å². The summed E-state index contributed by atoms with van der Waals surface area (Å²) in [5, 5.41) is 11.3. The van der Waals surface area contributed by atoms with E-state index in [1.54, 1.807) is 13.0 Å². The van der Waals surface area contributed by atoms with Gasteiger partial charge in [-0.1, -0.05) is 6.07 Å². The van der Waals surface area contributed by atoms with Gasteiger partial charge in [-0.2, -0.15) is 0 Å². The summed E-state index contributed by atoms with van der Waals surface area (Å²) >= 11 is 0. The maximum Gasteiger partial charge on any atom is 0.174 e. The van der Waals surface area contributed by atoms with E-state index in [-0.39, 0.29) is 18.0 Å². The van der Waals surface area contributed by atoms with Crippen LogP contribution in [0.15, 0.2) is 12.1 Å². The molecule has 1 aliphatic carbocycles. The van der Waals surface area contributed by atoms with Crippen LogP contribution < -0.4 is 4.74 Å². The Hall–Kier alpha value is -1.46. The average molecular weight is 333 g/mol. The number of ether oxygens (including phenoxy) is 1. The van der Waals surface area contributed by atoms with Crippen molar-refractivity contribution in [2.24, 2.45) is 0 Å². The molecule has 4 nitrogen and oxygen atoms in total. The minimum absolute atomic E-state index is 0.0284. The number of nitrogens with zero attached hydrogens (tertiary/aromatic N) is 1. The Labute approximate surface area is 141 Å². The number of halogens is 1. The van der Waals surface area contributed by atoms with Crippen molar-refractivity contribution < 1.29 is 19.0 Å². The monoisotopic (exact) mass is 333 g/mol. The first-order valence-electron chi connectivity index (χ1n) is 8.72. The molecular formula is C19H24FNO3. The standard InChI is InChI=1S/C19H24FNO3/c1-11-10-12-4-5-13(20)16-15(12)19(8-9-21(11)3)17(24-16)14(22)6-7-18(19,2)23/h4-5,11,17,23H,6-10H2,1-3H3/t11?,17-,18?,19?/m0/s1. The lowest BCUT2D eigenvalue weighted by atomic mass is 9.56. The molecule has 0 aromatic heterocycles. The summed E-state index contributed by atoms with van der Waals surface area (Å²) in [5.74, 6) is -0.281. The zero-order valence-electron chi connectivity index (χ0n) is 14.4. The van der Waals surface area contributed by atoms with Crippen molar-refractivity contribution in [3.8, 4) is 5.75 Å². The molecule has 1 N–H and O–H groups in total. The Kier molecular flexibility index (Phi) is 3.35. The quantitative estimate of drug-likeness (QED) is 0.791. The molecule has 1 aromatic carbocycles. The van der Waals surface area contributed by atoms with E-state index in [9.17, 15) is 14.3 Å². The number of carbonyl (C=O) groups is 1. The van der Waals surface area contributed by atoms with Crippen LogP contribution in [0.1, 0.15) is 44.2 Å². The minimum Gasteiger partial charge on any atom is -0.478 e. The fourth-order valence-electron chi connectivity index (χ4n) is 4.91. The van der Waals surface area contributed by atoms with Gasteiger partial charge in [0.25, 0.3) is 0 Å². The lowest BCUT2D eigenvalue weighted by molar-refractivity contribution is -0.148. The third-order valence-electron chi connectivity index (χ3n) is 6.56. The number of Topliss-reactive ketones (excluding diaryl/α,β-unsaturated/α-hetero) is 1. The van der Waals surface area contributed by atoms with E-state index in [1.165, 1.54) is 6.07 Å². The molecule has 2 heterocycles. The van der Waals surface area contributed by atoms with E-state index in [0.717, 1.165) is 24.1 Å². The number of hydrogen-bond acceptors (Lipinski definition) is 4. The van der Waals surface area contributed by atoms with Gasteiger partial charge in [0.1, 0.15) is 0 Å². The van der Waals surface area contributed by atoms with E-state index in [2.05, 4.69) is 18.9 Å². The van der Waals surface area contributed by atoms with Gasteiger partial charge in [-0.05, 0) is 58.3 Å². The lowest BCUT2D eigenvalue weighted by Crippen LogP contribution is -2.63. The van der Waals surface area contributed by atoms with Crippen LogP contribution in [0.2, 0.25) is 0 Å². The topological polar surface area (TPSA) is 49.8 Å². The van der Waals surface area contributed by atoms with Crippen LogP contribution in [0, 0.1) is 5.82 Å². The summed E-state index contributed by atoms with van der Waals surface area (Å²) in [6.45, 7) is 4.66. The molecule has 0 radical (unpaired) electrons. The Balaban J connectivity index is 2.01. The highest BCUT2D eigenvalue weighted by Crippen LogP contribution is 2.58. The van der Waals surface area contributed by atoms with Crippen molar-refractivity contribution >= 4 is 5.78 Å². The maximum absolute atomic E-state index is 14.5. The van der Waals surface area contributed by atoms with Crippen molar-refractivity contribution in [2.75, 3.05) is 13.6 Å².